The number of aliphatic hydroxyl groups is 2. The second-order valence-corrected chi connectivity index (χ2v) is 15.1. The molecule has 2 N–H and O–H groups in total. The molecule has 5 fully saturated rings. The zero-order valence-electron chi connectivity index (χ0n) is 26.6. The van der Waals surface area contributed by atoms with E-state index in [4.69, 9.17) is 33.2 Å². The fraction of sp³-hybridized carbons (Fsp3) is 0.824. The molecule has 1 spiro atoms. The lowest BCUT2D eigenvalue weighted by Gasteiger charge is -2.57. The topological polar surface area (TPSA) is 105 Å². The van der Waals surface area contributed by atoms with Gasteiger partial charge in [-0.05, 0) is 120 Å². The van der Waals surface area contributed by atoms with Crippen LogP contribution in [0.3, 0.4) is 0 Å². The van der Waals surface area contributed by atoms with Gasteiger partial charge in [-0.25, -0.2) is 0 Å². The van der Waals surface area contributed by atoms with Crippen molar-refractivity contribution in [3.63, 3.8) is 0 Å². The van der Waals surface area contributed by atoms with E-state index >= 15 is 0 Å². The molecule has 3 heterocycles. The lowest BCUT2D eigenvalue weighted by atomic mass is 9.52. The molecule has 0 radical (unpaired) electrons. The molecule has 3 aliphatic carbocycles. The maximum absolute atomic E-state index is 12.8. The Morgan fingerprint density at radius 1 is 0.953 bits per heavy atom. The standard InChI is InChI=1S/C34H50O9/c1-7-37-20-38-22-9-11-23-21(16-22)8-10-25-24(23)12-14-31(6)26(25)13-15-32(31,35)18-33(36)28-27(41-30(4,5)42-28)17-39-34(33)19-40-29(2,3)43-34/h9,11,16,24-28,35-36H,7-8,10,12-15,17-20H2,1-6H3/t24-,25-,26+,27-,28-,31+,32-,33-,34?/m1/s1. The van der Waals surface area contributed by atoms with Crippen LogP contribution < -0.4 is 4.74 Å². The molecule has 43 heavy (non-hydrogen) atoms. The van der Waals surface area contributed by atoms with Crippen LogP contribution in [0.25, 0.3) is 0 Å². The Balaban J connectivity index is 1.17. The van der Waals surface area contributed by atoms with Crippen LogP contribution in [0, 0.1) is 17.3 Å². The van der Waals surface area contributed by atoms with Crippen molar-refractivity contribution in [1.29, 1.82) is 0 Å². The average Bonchev–Trinajstić information content (AvgIpc) is 3.54. The minimum absolute atomic E-state index is 0.0531. The van der Waals surface area contributed by atoms with Crippen LogP contribution in [0.5, 0.6) is 5.75 Å². The quantitative estimate of drug-likeness (QED) is 0.351. The first kappa shape index (κ1) is 30.4. The molecule has 9 heteroatoms. The van der Waals surface area contributed by atoms with Crippen molar-refractivity contribution in [1.82, 2.24) is 0 Å². The second-order valence-electron chi connectivity index (χ2n) is 15.1. The second kappa shape index (κ2) is 10.1. The van der Waals surface area contributed by atoms with Gasteiger partial charge in [0.25, 0.3) is 0 Å². The predicted octanol–water partition coefficient (Wildman–Crippen LogP) is 4.80. The van der Waals surface area contributed by atoms with Gasteiger partial charge in [0, 0.05) is 13.0 Å². The van der Waals surface area contributed by atoms with Gasteiger partial charge in [-0.15, -0.1) is 0 Å². The number of fused-ring (bicyclic) bond motifs is 6. The zero-order valence-corrected chi connectivity index (χ0v) is 26.6. The third-order valence-electron chi connectivity index (χ3n) is 11.9. The van der Waals surface area contributed by atoms with E-state index in [1.807, 2.05) is 34.6 Å². The molecule has 1 aromatic rings. The van der Waals surface area contributed by atoms with E-state index in [9.17, 15) is 10.2 Å². The van der Waals surface area contributed by atoms with Crippen molar-refractivity contribution in [2.24, 2.45) is 17.3 Å². The van der Waals surface area contributed by atoms with Gasteiger partial charge in [0.05, 0.1) is 12.2 Å². The van der Waals surface area contributed by atoms with Crippen LogP contribution in [0.2, 0.25) is 0 Å². The molecule has 0 aromatic heterocycles. The van der Waals surface area contributed by atoms with Crippen molar-refractivity contribution < 1.29 is 43.4 Å². The van der Waals surface area contributed by atoms with E-state index in [-0.39, 0.29) is 31.8 Å². The maximum atomic E-state index is 12.8. The van der Waals surface area contributed by atoms with Gasteiger partial charge in [-0.2, -0.15) is 0 Å². The molecular formula is C34H50O9. The van der Waals surface area contributed by atoms with Gasteiger partial charge in [0.1, 0.15) is 24.6 Å². The fourth-order valence-electron chi connectivity index (χ4n) is 9.85. The lowest BCUT2D eigenvalue weighted by molar-refractivity contribution is -0.377. The Morgan fingerprint density at radius 3 is 2.51 bits per heavy atom. The van der Waals surface area contributed by atoms with Crippen molar-refractivity contribution in [2.45, 2.75) is 133 Å². The Kier molecular flexibility index (Phi) is 7.13. The maximum Gasteiger partial charge on any atom is 0.227 e. The highest BCUT2D eigenvalue weighted by molar-refractivity contribution is 5.41. The monoisotopic (exact) mass is 602 g/mol. The molecule has 1 aromatic carbocycles. The molecule has 7 rings (SSSR count). The summed E-state index contributed by atoms with van der Waals surface area (Å²) in [5, 5.41) is 25.6. The molecule has 3 saturated heterocycles. The van der Waals surface area contributed by atoms with Crippen molar-refractivity contribution >= 4 is 0 Å². The third kappa shape index (κ3) is 4.63. The number of aryl methyl sites for hydroxylation is 1. The normalized spacial score (nSPS) is 45.8. The molecule has 0 amide bonds. The summed E-state index contributed by atoms with van der Waals surface area (Å²) in [6, 6.07) is 6.51. The largest absolute Gasteiger partial charge is 0.468 e. The van der Waals surface area contributed by atoms with Gasteiger partial charge in [-0.1, -0.05) is 13.0 Å². The fourth-order valence-corrected chi connectivity index (χ4v) is 9.85. The summed E-state index contributed by atoms with van der Waals surface area (Å²) in [4.78, 5) is 0. The van der Waals surface area contributed by atoms with E-state index < -0.39 is 40.8 Å². The first-order chi connectivity index (χ1) is 20.2. The molecule has 6 aliphatic rings. The van der Waals surface area contributed by atoms with Gasteiger partial charge in [-0.3, -0.25) is 0 Å². The highest BCUT2D eigenvalue weighted by Crippen LogP contribution is 2.67. The smallest absolute Gasteiger partial charge is 0.227 e. The average molecular weight is 603 g/mol. The van der Waals surface area contributed by atoms with Crippen molar-refractivity contribution in [2.75, 3.05) is 26.6 Å². The number of hydrogen-bond donors (Lipinski definition) is 2. The Bertz CT molecular complexity index is 1230. The Hall–Kier alpha value is -1.30. The van der Waals surface area contributed by atoms with Crippen LogP contribution in [0.15, 0.2) is 18.2 Å². The van der Waals surface area contributed by atoms with E-state index in [0.29, 0.717) is 30.8 Å². The zero-order chi connectivity index (χ0) is 30.5. The lowest BCUT2D eigenvalue weighted by Crippen LogP contribution is -2.73. The molecule has 1 unspecified atom stereocenters. The van der Waals surface area contributed by atoms with Gasteiger partial charge in [0.2, 0.25) is 5.79 Å². The van der Waals surface area contributed by atoms with Crippen molar-refractivity contribution in [3.8, 4) is 5.75 Å². The molecule has 3 aliphatic heterocycles. The third-order valence-corrected chi connectivity index (χ3v) is 11.9. The summed E-state index contributed by atoms with van der Waals surface area (Å²) < 4.78 is 42.5. The highest BCUT2D eigenvalue weighted by atomic mass is 16.9. The summed E-state index contributed by atoms with van der Waals surface area (Å²) in [7, 11) is 0. The Morgan fingerprint density at radius 2 is 1.77 bits per heavy atom. The number of benzene rings is 1. The summed E-state index contributed by atoms with van der Waals surface area (Å²) in [6.45, 7) is 12.7. The minimum atomic E-state index is -1.68. The van der Waals surface area contributed by atoms with E-state index in [0.717, 1.165) is 37.9 Å². The highest BCUT2D eigenvalue weighted by Gasteiger charge is 2.74. The van der Waals surface area contributed by atoms with Crippen LogP contribution >= 0.6 is 0 Å². The van der Waals surface area contributed by atoms with Crippen LogP contribution in [0.4, 0.5) is 0 Å². The number of ether oxygens (including phenoxy) is 7. The molecule has 240 valence electrons. The molecule has 9 nitrogen and oxygen atoms in total. The number of rotatable bonds is 6. The van der Waals surface area contributed by atoms with Crippen LogP contribution in [-0.2, 0) is 34.8 Å². The molecule has 2 saturated carbocycles. The summed E-state index contributed by atoms with van der Waals surface area (Å²) in [5.74, 6) is -1.16. The van der Waals surface area contributed by atoms with Gasteiger partial charge < -0.3 is 43.4 Å². The molecular weight excluding hydrogens is 552 g/mol. The summed E-state index contributed by atoms with van der Waals surface area (Å²) in [6.07, 6.45) is 4.36. The first-order valence-electron chi connectivity index (χ1n) is 16.4. The predicted molar refractivity (Wildman–Crippen MR) is 156 cm³/mol. The number of hydrogen-bond acceptors (Lipinski definition) is 9. The van der Waals surface area contributed by atoms with Crippen LogP contribution in [-0.4, -0.2) is 77.6 Å². The van der Waals surface area contributed by atoms with E-state index in [1.165, 1.54) is 11.1 Å². The summed E-state index contributed by atoms with van der Waals surface area (Å²) in [5.41, 5.74) is -0.399. The first-order valence-corrected chi connectivity index (χ1v) is 16.4. The van der Waals surface area contributed by atoms with Gasteiger partial charge in [0.15, 0.2) is 24.0 Å². The molecule has 0 bridgehead atoms. The Labute approximate surface area is 255 Å². The van der Waals surface area contributed by atoms with E-state index in [2.05, 4.69) is 25.1 Å². The van der Waals surface area contributed by atoms with Gasteiger partial charge >= 0.3 is 0 Å². The SMILES string of the molecule is CCOCOc1ccc2c(c1)CC[C@@H]1[C@@H]2CC[C@@]2(C)[C@H]1CC[C@@]2(O)C[C@@]1(O)[C@@H]2OC(C)(C)O[C@@H]2COC12COC(C)(C)O2. The molecule has 9 atom stereocenters. The minimum Gasteiger partial charge on any atom is -0.468 e. The van der Waals surface area contributed by atoms with E-state index in [1.54, 1.807) is 0 Å². The summed E-state index contributed by atoms with van der Waals surface area (Å²) >= 11 is 0. The van der Waals surface area contributed by atoms with Crippen LogP contribution in [0.1, 0.15) is 97.1 Å². The van der Waals surface area contributed by atoms with Crippen molar-refractivity contribution in [3.05, 3.63) is 29.3 Å².